The fourth-order valence-electron chi connectivity index (χ4n) is 3.06. The van der Waals surface area contributed by atoms with Gasteiger partial charge in [0.1, 0.15) is 5.75 Å². The van der Waals surface area contributed by atoms with Crippen LogP contribution in [0.15, 0.2) is 48.7 Å². The van der Waals surface area contributed by atoms with Crippen molar-refractivity contribution in [3.8, 4) is 5.75 Å². The first-order valence-electron chi connectivity index (χ1n) is 9.73. The van der Waals surface area contributed by atoms with E-state index in [1.165, 1.54) is 0 Å². The number of amides is 2. The largest absolute Gasteiger partial charge is 0.496 e. The topological polar surface area (TPSA) is 84.7 Å². The molecule has 3 aromatic rings. The molecular weight excluding hydrogens is 368 g/mol. The summed E-state index contributed by atoms with van der Waals surface area (Å²) in [5.41, 5.74) is 1.84. The first-order chi connectivity index (χ1) is 14.0. The third kappa shape index (κ3) is 4.56. The molecule has 0 aliphatic rings. The number of carbonyl (C=O) groups excluding carboxylic acids is 2. The Bertz CT molecular complexity index is 1010. The van der Waals surface area contributed by atoms with E-state index in [0.717, 1.165) is 17.7 Å². The van der Waals surface area contributed by atoms with Gasteiger partial charge in [0.2, 0.25) is 5.82 Å². The molecule has 0 radical (unpaired) electrons. The molecule has 0 aliphatic carbocycles. The Kier molecular flexibility index (Phi) is 6.49. The SMILES string of the molecule is CCC(C)NC(=O)c1nc(C(=O)NCCc2ccccc2OC)c2ccccn12. The number of fused-ring (bicyclic) bond motifs is 1. The predicted octanol–water partition coefficient (Wildman–Crippen LogP) is 2.84. The quantitative estimate of drug-likeness (QED) is 0.615. The molecule has 1 atom stereocenters. The lowest BCUT2D eigenvalue weighted by Crippen LogP contribution is -2.33. The van der Waals surface area contributed by atoms with E-state index in [2.05, 4.69) is 15.6 Å². The number of hydrogen-bond donors (Lipinski definition) is 2. The molecule has 29 heavy (non-hydrogen) atoms. The molecule has 2 heterocycles. The zero-order chi connectivity index (χ0) is 20.8. The Morgan fingerprint density at radius 1 is 1.14 bits per heavy atom. The van der Waals surface area contributed by atoms with E-state index in [4.69, 9.17) is 4.74 Å². The number of benzene rings is 1. The highest BCUT2D eigenvalue weighted by Gasteiger charge is 2.22. The average molecular weight is 394 g/mol. The molecule has 152 valence electrons. The molecule has 0 fully saturated rings. The molecule has 0 aliphatic heterocycles. The van der Waals surface area contributed by atoms with Gasteiger partial charge >= 0.3 is 0 Å². The minimum atomic E-state index is -0.314. The Balaban J connectivity index is 1.76. The minimum Gasteiger partial charge on any atom is -0.496 e. The number of rotatable bonds is 8. The van der Waals surface area contributed by atoms with E-state index in [9.17, 15) is 9.59 Å². The smallest absolute Gasteiger partial charge is 0.287 e. The third-order valence-electron chi connectivity index (χ3n) is 4.83. The third-order valence-corrected chi connectivity index (χ3v) is 4.83. The zero-order valence-electron chi connectivity index (χ0n) is 16.9. The van der Waals surface area contributed by atoms with Gasteiger partial charge in [-0.2, -0.15) is 0 Å². The molecule has 0 spiro atoms. The van der Waals surface area contributed by atoms with E-state index in [1.807, 2.05) is 44.2 Å². The normalized spacial score (nSPS) is 11.8. The summed E-state index contributed by atoms with van der Waals surface area (Å²) >= 11 is 0. The highest BCUT2D eigenvalue weighted by molar-refractivity contribution is 6.02. The summed E-state index contributed by atoms with van der Waals surface area (Å²) < 4.78 is 6.99. The Morgan fingerprint density at radius 2 is 1.90 bits per heavy atom. The number of hydrogen-bond acceptors (Lipinski definition) is 4. The van der Waals surface area contributed by atoms with E-state index in [0.29, 0.717) is 18.5 Å². The molecule has 2 N–H and O–H groups in total. The molecule has 2 aromatic heterocycles. The number of pyridine rings is 1. The Hall–Kier alpha value is -3.35. The number of ether oxygens (including phenoxy) is 1. The molecular formula is C22H26N4O3. The average Bonchev–Trinajstić information content (AvgIpc) is 3.14. The Morgan fingerprint density at radius 3 is 2.66 bits per heavy atom. The second kappa shape index (κ2) is 9.23. The molecule has 7 nitrogen and oxygen atoms in total. The molecule has 0 saturated carbocycles. The van der Waals surface area contributed by atoms with Crippen molar-refractivity contribution in [3.05, 3.63) is 65.7 Å². The second-order valence-electron chi connectivity index (χ2n) is 6.84. The number of carbonyl (C=O) groups is 2. The van der Waals surface area contributed by atoms with Gasteiger partial charge in [0, 0.05) is 18.8 Å². The summed E-state index contributed by atoms with van der Waals surface area (Å²) in [7, 11) is 1.63. The molecule has 1 unspecified atom stereocenters. The van der Waals surface area contributed by atoms with Gasteiger partial charge in [0.05, 0.1) is 12.6 Å². The molecule has 7 heteroatoms. The van der Waals surface area contributed by atoms with Gasteiger partial charge in [0.15, 0.2) is 5.69 Å². The van der Waals surface area contributed by atoms with E-state index in [1.54, 1.807) is 29.8 Å². The number of aromatic nitrogens is 2. The lowest BCUT2D eigenvalue weighted by Gasteiger charge is -2.10. The maximum absolute atomic E-state index is 12.8. The fourth-order valence-corrected chi connectivity index (χ4v) is 3.06. The molecule has 1 aromatic carbocycles. The maximum Gasteiger partial charge on any atom is 0.287 e. The molecule has 0 bridgehead atoms. The zero-order valence-corrected chi connectivity index (χ0v) is 16.9. The van der Waals surface area contributed by atoms with Gasteiger partial charge in [-0.1, -0.05) is 31.2 Å². The number of para-hydroxylation sites is 1. The van der Waals surface area contributed by atoms with Crippen molar-refractivity contribution in [2.24, 2.45) is 0 Å². The van der Waals surface area contributed by atoms with Crippen LogP contribution in [-0.2, 0) is 6.42 Å². The molecule has 3 rings (SSSR count). The van der Waals surface area contributed by atoms with Crippen molar-refractivity contribution >= 4 is 17.3 Å². The van der Waals surface area contributed by atoms with Crippen LogP contribution in [-0.4, -0.2) is 40.9 Å². The van der Waals surface area contributed by atoms with Crippen LogP contribution in [0, 0.1) is 0 Å². The standard InChI is InChI=1S/C22H26N4O3/c1-4-15(2)24-22(28)20-25-19(17-10-7-8-14-26(17)20)21(27)23-13-12-16-9-5-6-11-18(16)29-3/h5-11,14-15H,4,12-13H2,1-3H3,(H,23,27)(H,24,28). The summed E-state index contributed by atoms with van der Waals surface area (Å²) in [6.45, 7) is 4.36. The van der Waals surface area contributed by atoms with Crippen molar-refractivity contribution in [2.45, 2.75) is 32.7 Å². The number of imidazole rings is 1. The monoisotopic (exact) mass is 394 g/mol. The minimum absolute atomic E-state index is 0.0247. The van der Waals surface area contributed by atoms with Crippen LogP contribution in [0.4, 0.5) is 0 Å². The van der Waals surface area contributed by atoms with E-state index >= 15 is 0 Å². The van der Waals surface area contributed by atoms with Gasteiger partial charge in [-0.25, -0.2) is 4.98 Å². The van der Waals surface area contributed by atoms with Crippen LogP contribution in [0.1, 0.15) is 46.9 Å². The van der Waals surface area contributed by atoms with Gasteiger partial charge in [-0.05, 0) is 43.5 Å². The number of nitrogens with one attached hydrogen (secondary N) is 2. The first-order valence-corrected chi connectivity index (χ1v) is 9.73. The van der Waals surface area contributed by atoms with Crippen LogP contribution in [0.5, 0.6) is 5.75 Å². The second-order valence-corrected chi connectivity index (χ2v) is 6.84. The highest BCUT2D eigenvalue weighted by atomic mass is 16.5. The lowest BCUT2D eigenvalue weighted by molar-refractivity contribution is 0.0928. The van der Waals surface area contributed by atoms with Crippen molar-refractivity contribution in [1.82, 2.24) is 20.0 Å². The van der Waals surface area contributed by atoms with Crippen LogP contribution >= 0.6 is 0 Å². The summed E-state index contributed by atoms with van der Waals surface area (Å²) in [6, 6.07) is 13.1. The van der Waals surface area contributed by atoms with Gasteiger partial charge in [-0.3, -0.25) is 14.0 Å². The summed E-state index contributed by atoms with van der Waals surface area (Å²) in [6.07, 6.45) is 3.17. The molecule has 2 amide bonds. The lowest BCUT2D eigenvalue weighted by atomic mass is 10.1. The molecule has 0 saturated heterocycles. The van der Waals surface area contributed by atoms with Crippen LogP contribution in [0.25, 0.3) is 5.52 Å². The maximum atomic E-state index is 12.8. The van der Waals surface area contributed by atoms with Crippen LogP contribution < -0.4 is 15.4 Å². The van der Waals surface area contributed by atoms with Crippen molar-refractivity contribution < 1.29 is 14.3 Å². The van der Waals surface area contributed by atoms with Gasteiger partial charge in [0.25, 0.3) is 11.8 Å². The summed E-state index contributed by atoms with van der Waals surface area (Å²) in [5.74, 6) is 0.383. The highest BCUT2D eigenvalue weighted by Crippen LogP contribution is 2.18. The first kappa shape index (κ1) is 20.4. The predicted molar refractivity (Wildman–Crippen MR) is 111 cm³/mol. The number of methoxy groups -OCH3 is 1. The Labute approximate surface area is 170 Å². The van der Waals surface area contributed by atoms with E-state index in [-0.39, 0.29) is 29.4 Å². The van der Waals surface area contributed by atoms with E-state index < -0.39 is 0 Å². The number of nitrogens with zero attached hydrogens (tertiary/aromatic N) is 2. The van der Waals surface area contributed by atoms with Crippen LogP contribution in [0.3, 0.4) is 0 Å². The van der Waals surface area contributed by atoms with Crippen molar-refractivity contribution in [3.63, 3.8) is 0 Å². The summed E-state index contributed by atoms with van der Waals surface area (Å²) in [5, 5.41) is 5.79. The fraction of sp³-hybridized carbons (Fsp3) is 0.318. The van der Waals surface area contributed by atoms with Gasteiger partial charge in [-0.15, -0.1) is 0 Å². The van der Waals surface area contributed by atoms with Crippen molar-refractivity contribution in [2.75, 3.05) is 13.7 Å². The summed E-state index contributed by atoms with van der Waals surface area (Å²) in [4.78, 5) is 29.7. The van der Waals surface area contributed by atoms with Gasteiger partial charge < -0.3 is 15.4 Å². The van der Waals surface area contributed by atoms with Crippen LogP contribution in [0.2, 0.25) is 0 Å². The van der Waals surface area contributed by atoms with Crippen molar-refractivity contribution in [1.29, 1.82) is 0 Å².